The number of carbonyl (C=O) groups is 1. The number of benzene rings is 1. The van der Waals surface area contributed by atoms with Gasteiger partial charge in [0.1, 0.15) is 11.3 Å². The highest BCUT2D eigenvalue weighted by molar-refractivity contribution is 5.93. The minimum absolute atomic E-state index is 0.163. The van der Waals surface area contributed by atoms with Gasteiger partial charge in [-0.2, -0.15) is 0 Å². The van der Waals surface area contributed by atoms with Gasteiger partial charge in [-0.3, -0.25) is 0 Å². The van der Waals surface area contributed by atoms with Gasteiger partial charge in [-0.1, -0.05) is 0 Å². The van der Waals surface area contributed by atoms with E-state index >= 15 is 0 Å². The molecule has 0 aliphatic rings. The highest BCUT2D eigenvalue weighted by atomic mass is 19.1. The molecule has 0 fully saturated rings. The number of carboxylic acids is 1. The smallest absolute Gasteiger partial charge is 0.335 e. The predicted octanol–water partition coefficient (Wildman–Crippen LogP) is 3.34. The van der Waals surface area contributed by atoms with Crippen LogP contribution < -0.4 is 0 Å². The largest absolute Gasteiger partial charge is 0.478 e. The van der Waals surface area contributed by atoms with E-state index in [1.165, 1.54) is 38.1 Å². The van der Waals surface area contributed by atoms with Crippen molar-refractivity contribution in [2.45, 2.75) is 19.5 Å². The van der Waals surface area contributed by atoms with E-state index in [1.54, 1.807) is 0 Å². The van der Waals surface area contributed by atoms with Crippen LogP contribution in [0.2, 0.25) is 0 Å². The van der Waals surface area contributed by atoms with E-state index in [1.807, 2.05) is 0 Å². The molecule has 84 valence electrons. The SMILES string of the molecule is CC(C)(F)c1cc2cc(C(=O)O)ccc2o1. The number of fused-ring (bicyclic) bond motifs is 1. The number of aromatic carboxylic acids is 1. The minimum atomic E-state index is -1.57. The van der Waals surface area contributed by atoms with Gasteiger partial charge >= 0.3 is 5.97 Å². The molecule has 0 saturated carbocycles. The number of rotatable bonds is 2. The maximum absolute atomic E-state index is 13.6. The number of furan rings is 1. The van der Waals surface area contributed by atoms with Crippen LogP contribution in [-0.2, 0) is 5.67 Å². The lowest BCUT2D eigenvalue weighted by Crippen LogP contribution is -2.06. The zero-order valence-corrected chi connectivity index (χ0v) is 8.95. The van der Waals surface area contributed by atoms with Gasteiger partial charge in [0.15, 0.2) is 5.67 Å². The average molecular weight is 222 g/mol. The summed E-state index contributed by atoms with van der Waals surface area (Å²) in [4.78, 5) is 10.7. The van der Waals surface area contributed by atoms with Gasteiger partial charge in [0.25, 0.3) is 0 Å². The number of carboxylic acid groups (broad SMARTS) is 1. The van der Waals surface area contributed by atoms with Crippen LogP contribution in [0.3, 0.4) is 0 Å². The molecular weight excluding hydrogens is 211 g/mol. The molecule has 2 aromatic rings. The van der Waals surface area contributed by atoms with Gasteiger partial charge in [0.2, 0.25) is 0 Å². The van der Waals surface area contributed by atoms with E-state index in [0.717, 1.165) is 0 Å². The first kappa shape index (κ1) is 10.7. The number of halogens is 1. The summed E-state index contributed by atoms with van der Waals surface area (Å²) >= 11 is 0. The molecule has 0 aliphatic carbocycles. The van der Waals surface area contributed by atoms with Crippen LogP contribution in [0.5, 0.6) is 0 Å². The lowest BCUT2D eigenvalue weighted by Gasteiger charge is -2.08. The predicted molar refractivity (Wildman–Crippen MR) is 57.3 cm³/mol. The quantitative estimate of drug-likeness (QED) is 0.847. The fourth-order valence-corrected chi connectivity index (χ4v) is 1.47. The normalized spacial score (nSPS) is 11.9. The molecule has 0 unspecified atom stereocenters. The van der Waals surface area contributed by atoms with Crippen LogP contribution >= 0.6 is 0 Å². The molecule has 1 heterocycles. The van der Waals surface area contributed by atoms with Crippen molar-refractivity contribution in [1.82, 2.24) is 0 Å². The zero-order chi connectivity index (χ0) is 11.9. The topological polar surface area (TPSA) is 50.4 Å². The molecule has 16 heavy (non-hydrogen) atoms. The Hall–Kier alpha value is -1.84. The molecule has 2 rings (SSSR count). The lowest BCUT2D eigenvalue weighted by molar-refractivity contribution is 0.0697. The second kappa shape index (κ2) is 3.33. The molecule has 0 saturated heterocycles. The van der Waals surface area contributed by atoms with Crippen molar-refractivity contribution >= 4 is 16.9 Å². The Kier molecular flexibility index (Phi) is 2.22. The molecule has 4 heteroatoms. The van der Waals surface area contributed by atoms with Crippen molar-refractivity contribution in [2.75, 3.05) is 0 Å². The monoisotopic (exact) mass is 222 g/mol. The van der Waals surface area contributed by atoms with Crippen LogP contribution in [0.15, 0.2) is 28.7 Å². The maximum Gasteiger partial charge on any atom is 0.335 e. The second-order valence-corrected chi connectivity index (χ2v) is 4.14. The molecule has 0 spiro atoms. The Balaban J connectivity index is 2.59. The molecule has 0 amide bonds. The standard InChI is InChI=1S/C12H11FO3/c1-12(2,13)10-6-8-5-7(11(14)15)3-4-9(8)16-10/h3-6H,1-2H3,(H,14,15). The van der Waals surface area contributed by atoms with Crippen molar-refractivity contribution in [2.24, 2.45) is 0 Å². The third-order valence-corrected chi connectivity index (χ3v) is 2.35. The first-order chi connectivity index (χ1) is 7.38. The van der Waals surface area contributed by atoms with Crippen molar-refractivity contribution in [1.29, 1.82) is 0 Å². The highest BCUT2D eigenvalue weighted by Gasteiger charge is 2.23. The molecule has 0 bridgehead atoms. The van der Waals surface area contributed by atoms with Crippen LogP contribution in [0.4, 0.5) is 4.39 Å². The van der Waals surface area contributed by atoms with Gasteiger partial charge in [0, 0.05) is 5.39 Å². The molecule has 3 nitrogen and oxygen atoms in total. The van der Waals surface area contributed by atoms with Gasteiger partial charge < -0.3 is 9.52 Å². The molecule has 0 aliphatic heterocycles. The first-order valence-electron chi connectivity index (χ1n) is 4.84. The molecule has 0 atom stereocenters. The van der Waals surface area contributed by atoms with Gasteiger partial charge in [0.05, 0.1) is 5.56 Å². The Labute approximate surface area is 91.5 Å². The summed E-state index contributed by atoms with van der Waals surface area (Å²) in [7, 11) is 0. The molecule has 1 N–H and O–H groups in total. The third-order valence-electron chi connectivity index (χ3n) is 2.35. The molecule has 0 radical (unpaired) electrons. The average Bonchev–Trinajstić information content (AvgIpc) is 2.58. The molecule has 1 aromatic heterocycles. The summed E-state index contributed by atoms with van der Waals surface area (Å²) in [5, 5.41) is 9.40. The maximum atomic E-state index is 13.6. The molecular formula is C12H11FO3. The number of hydrogen-bond donors (Lipinski definition) is 1. The fraction of sp³-hybridized carbons (Fsp3) is 0.250. The van der Waals surface area contributed by atoms with Crippen molar-refractivity contribution < 1.29 is 18.7 Å². The molecule has 1 aromatic carbocycles. The van der Waals surface area contributed by atoms with Crippen LogP contribution in [-0.4, -0.2) is 11.1 Å². The number of hydrogen-bond acceptors (Lipinski definition) is 2. The van der Waals surface area contributed by atoms with E-state index < -0.39 is 11.6 Å². The first-order valence-corrected chi connectivity index (χ1v) is 4.84. The van der Waals surface area contributed by atoms with Crippen molar-refractivity contribution in [3.63, 3.8) is 0 Å². The Morgan fingerprint density at radius 2 is 2.06 bits per heavy atom. The van der Waals surface area contributed by atoms with Crippen LogP contribution in [0, 0.1) is 0 Å². The van der Waals surface area contributed by atoms with Crippen molar-refractivity contribution in [3.05, 3.63) is 35.6 Å². The second-order valence-electron chi connectivity index (χ2n) is 4.14. The number of alkyl halides is 1. The van der Waals surface area contributed by atoms with Crippen LogP contribution in [0.1, 0.15) is 30.0 Å². The summed E-state index contributed by atoms with van der Waals surface area (Å²) in [6.45, 7) is 2.78. The highest BCUT2D eigenvalue weighted by Crippen LogP contribution is 2.30. The van der Waals surface area contributed by atoms with Crippen LogP contribution in [0.25, 0.3) is 11.0 Å². The minimum Gasteiger partial charge on any atom is -0.478 e. The van der Waals surface area contributed by atoms with E-state index in [-0.39, 0.29) is 11.3 Å². The Morgan fingerprint density at radius 3 is 2.62 bits per heavy atom. The van der Waals surface area contributed by atoms with Gasteiger partial charge in [-0.25, -0.2) is 9.18 Å². The summed E-state index contributed by atoms with van der Waals surface area (Å²) < 4.78 is 18.9. The third kappa shape index (κ3) is 1.78. The van der Waals surface area contributed by atoms with Gasteiger partial charge in [-0.15, -0.1) is 0 Å². The van der Waals surface area contributed by atoms with Gasteiger partial charge in [-0.05, 0) is 38.1 Å². The summed E-state index contributed by atoms with van der Waals surface area (Å²) in [6.07, 6.45) is 0. The Bertz CT molecular complexity index is 549. The lowest BCUT2D eigenvalue weighted by atomic mass is 10.1. The van der Waals surface area contributed by atoms with E-state index in [4.69, 9.17) is 9.52 Å². The summed E-state index contributed by atoms with van der Waals surface area (Å²) in [5.41, 5.74) is -0.912. The van der Waals surface area contributed by atoms with E-state index in [9.17, 15) is 9.18 Å². The van der Waals surface area contributed by atoms with E-state index in [0.29, 0.717) is 11.0 Å². The van der Waals surface area contributed by atoms with Crippen molar-refractivity contribution in [3.8, 4) is 0 Å². The fourth-order valence-electron chi connectivity index (χ4n) is 1.47. The van der Waals surface area contributed by atoms with E-state index in [2.05, 4.69) is 0 Å². The Morgan fingerprint density at radius 1 is 1.38 bits per heavy atom. The zero-order valence-electron chi connectivity index (χ0n) is 8.95. The summed E-state index contributed by atoms with van der Waals surface area (Å²) in [5.74, 6) is -0.811. The summed E-state index contributed by atoms with van der Waals surface area (Å²) in [6, 6.07) is 5.97.